The lowest BCUT2D eigenvalue weighted by molar-refractivity contribution is -0.929. The zero-order valence-corrected chi connectivity index (χ0v) is 91.2. The summed E-state index contributed by atoms with van der Waals surface area (Å²) in [5.41, 5.74) is 1.14. The summed E-state index contributed by atoms with van der Waals surface area (Å²) in [4.78, 5) is 119. The quantitative estimate of drug-likeness (QED) is 0.00782. The molecule has 10 heterocycles. The van der Waals surface area contributed by atoms with Gasteiger partial charge in [0.25, 0.3) is 45.5 Å². The summed E-state index contributed by atoms with van der Waals surface area (Å²) < 4.78 is 2.84. The van der Waals surface area contributed by atoms with Crippen molar-refractivity contribution in [3.05, 3.63) is 364 Å². The van der Waals surface area contributed by atoms with E-state index in [4.69, 9.17) is 0 Å². The Balaban J connectivity index is 0.000000241. The average Bonchev–Trinajstić information content (AvgIpc) is 1.57. The molecule has 36 heteroatoms. The SMILES string of the molecule is CC1(C)c2ccc([nH]2)C(C)(c2cc([N+](=O)[O-])cc([N+](=O)[O-])c2)c2ccc([nH]2)C(C)(C)c2ccc([nH]2)C(C)(c2cc([N+](=O)[O-])cc([N+](=O)[O-])c2)c2ccc1[nH]2.CC1(C)c2ccc([nH]2)C(C)(c2cc([N+](=O)[O-])cc([N+](=O)[O-])c2)c2ccc([nH]2)C(C)(C)c2ccc([nH]2)C(C)(c2cc([N+](=O)[O-])cc([N+](=O)[O-])c2)c2ccc1[nH]2.CCCC[N+](CCCC)(CCCC)CCCC.CCCC[N+](CCCC)(CCCC)CCCC.[I-].[I-]. The van der Waals surface area contributed by atoms with Gasteiger partial charge in [-0.2, -0.15) is 0 Å². The van der Waals surface area contributed by atoms with Crippen molar-refractivity contribution in [3.63, 3.8) is 0 Å². The first-order chi connectivity index (χ1) is 67.0. The fourth-order valence-corrected chi connectivity index (χ4v) is 20.5. The average molecular weight is 2200 g/mol. The van der Waals surface area contributed by atoms with Gasteiger partial charge in [-0.15, -0.1) is 0 Å². The molecule has 0 radical (unpaired) electrons. The number of nitrogens with one attached hydrogen (secondary N) is 8. The van der Waals surface area contributed by atoms with Crippen LogP contribution in [0.25, 0.3) is 0 Å². The summed E-state index contributed by atoms with van der Waals surface area (Å²) in [6, 6.07) is 44.7. The van der Waals surface area contributed by atoms with Gasteiger partial charge >= 0.3 is 0 Å². The van der Waals surface area contributed by atoms with Gasteiger partial charge in [0.15, 0.2) is 0 Å². The standard InChI is InChI=1S/2C38H36N8O8.2C16H36N.2HI/c2*1-35(2)27-7-11-31(39-27)37(5,21-15-23(43(47)48)19-24(16-21)44(49)50)33-13-9-29(41-33)36(3,4)30-10-14-34(42-30)38(6,32-12-8-28(35)40-32)22-17-25(45(51)52)20-26(18-22)46(53)54;2*1-5-9-13-17(14-10-6-2,15-11-7-3)16-12-8-4;;/h2*7-20,39-42H,1-6H3;2*5-16H2,1-4H3;2*1H/q;;2*+1;;/p-2. The lowest BCUT2D eigenvalue weighted by Gasteiger charge is -2.39. The van der Waals surface area contributed by atoms with Crippen LogP contribution in [-0.2, 0) is 43.3 Å². The molecule has 8 N–H and O–H groups in total. The first kappa shape index (κ1) is 115. The molecule has 2 aliphatic rings. The zero-order chi connectivity index (χ0) is 104. The molecule has 0 spiro atoms. The number of quaternary nitrogens is 2. The van der Waals surface area contributed by atoms with Crippen LogP contribution in [0.2, 0.25) is 0 Å². The number of aromatic nitrogens is 8. The van der Waals surface area contributed by atoms with Gasteiger partial charge in [-0.05, 0) is 254 Å². The molecular weight excluding hydrogens is 2060 g/mol. The summed E-state index contributed by atoms with van der Waals surface area (Å²) in [6.45, 7) is 53.3. The van der Waals surface area contributed by atoms with Gasteiger partial charge in [-0.25, -0.2) is 0 Å². The molecule has 12 aromatic rings. The van der Waals surface area contributed by atoms with Crippen molar-refractivity contribution in [3.8, 4) is 0 Å². The smallest absolute Gasteiger partial charge is 0.276 e. The summed E-state index contributed by atoms with van der Waals surface area (Å²) >= 11 is 0. The molecule has 0 saturated carbocycles. The van der Waals surface area contributed by atoms with Crippen molar-refractivity contribution in [2.45, 2.75) is 285 Å². The van der Waals surface area contributed by atoms with Gasteiger partial charge in [0.05, 0.1) is 138 Å². The van der Waals surface area contributed by atoms with Crippen molar-refractivity contribution in [2.24, 2.45) is 0 Å². The number of fused-ring (bicyclic) bond motifs is 16. The van der Waals surface area contributed by atoms with Crippen LogP contribution in [0.1, 0.15) is 355 Å². The molecule has 4 aromatic carbocycles. The minimum absolute atomic E-state index is 0. The number of rotatable bonds is 36. The Labute approximate surface area is 876 Å². The predicted molar refractivity (Wildman–Crippen MR) is 555 cm³/mol. The van der Waals surface area contributed by atoms with Crippen molar-refractivity contribution in [1.82, 2.24) is 39.9 Å². The van der Waals surface area contributed by atoms with Gasteiger partial charge in [0.2, 0.25) is 0 Å². The van der Waals surface area contributed by atoms with Crippen LogP contribution < -0.4 is 48.0 Å². The minimum atomic E-state index is -1.17. The van der Waals surface area contributed by atoms with Crippen LogP contribution in [-0.4, -0.2) is 141 Å². The van der Waals surface area contributed by atoms with Gasteiger partial charge in [-0.1, -0.05) is 107 Å². The second kappa shape index (κ2) is 47.3. The molecule has 16 bridgehead atoms. The molecule has 0 unspecified atom stereocenters. The second-order valence-corrected chi connectivity index (χ2v) is 41.6. The Hall–Kier alpha value is -12.3. The highest BCUT2D eigenvalue weighted by Gasteiger charge is 2.47. The van der Waals surface area contributed by atoms with E-state index in [1.54, 1.807) is 0 Å². The maximum absolute atomic E-state index is 12.0. The Morgan fingerprint density at radius 3 is 0.396 bits per heavy atom. The number of H-pyrrole nitrogens is 8. The number of non-ortho nitro benzene ring substituents is 8. The molecule has 8 aromatic heterocycles. The number of nitro benzene ring substituents is 8. The van der Waals surface area contributed by atoms with E-state index in [1.807, 2.05) is 180 Å². The second-order valence-electron chi connectivity index (χ2n) is 41.6. The molecule has 14 rings (SSSR count). The first-order valence-corrected chi connectivity index (χ1v) is 50.1. The van der Waals surface area contributed by atoms with E-state index < -0.39 is 128 Å². The predicted octanol–water partition coefficient (Wildman–Crippen LogP) is 20.6. The molecule has 0 aliphatic carbocycles. The van der Waals surface area contributed by atoms with Crippen molar-refractivity contribution in [1.29, 1.82) is 0 Å². The molecular formula is C108H144I2N18O16. The Kier molecular flexibility index (Phi) is 37.8. The van der Waals surface area contributed by atoms with Crippen LogP contribution in [0.4, 0.5) is 45.5 Å². The van der Waals surface area contributed by atoms with E-state index in [0.717, 1.165) is 69.8 Å². The van der Waals surface area contributed by atoms with Crippen LogP contribution in [0.3, 0.4) is 0 Å². The number of aromatic amines is 8. The Morgan fingerprint density at radius 1 is 0.194 bits per heavy atom. The Morgan fingerprint density at radius 2 is 0.299 bits per heavy atom. The lowest BCUT2D eigenvalue weighted by atomic mass is 9.76. The number of nitro groups is 8. The normalized spacial score (nSPS) is 17.8. The number of benzene rings is 4. The number of unbranched alkanes of at least 4 members (excludes halogenated alkanes) is 8. The summed E-state index contributed by atoms with van der Waals surface area (Å²) in [6.07, 6.45) is 22.1. The van der Waals surface area contributed by atoms with Crippen molar-refractivity contribution in [2.75, 3.05) is 52.4 Å². The highest BCUT2D eigenvalue weighted by atomic mass is 127. The van der Waals surface area contributed by atoms with E-state index in [9.17, 15) is 80.9 Å². The van der Waals surface area contributed by atoms with Crippen LogP contribution in [0.5, 0.6) is 0 Å². The van der Waals surface area contributed by atoms with Gasteiger partial charge in [0.1, 0.15) is 0 Å². The van der Waals surface area contributed by atoms with Gasteiger partial charge in [0, 0.05) is 161 Å². The largest absolute Gasteiger partial charge is 1.00 e. The van der Waals surface area contributed by atoms with Crippen molar-refractivity contribution >= 4 is 45.5 Å². The number of nitrogens with zero attached hydrogens (tertiary/aromatic N) is 10. The maximum Gasteiger partial charge on any atom is 0.276 e. The minimum Gasteiger partial charge on any atom is -1.00 e. The van der Waals surface area contributed by atoms with Crippen LogP contribution in [0.15, 0.2) is 170 Å². The highest BCUT2D eigenvalue weighted by molar-refractivity contribution is 5.62. The zero-order valence-electron chi connectivity index (χ0n) is 86.9. The fourth-order valence-electron chi connectivity index (χ4n) is 20.5. The van der Waals surface area contributed by atoms with E-state index in [-0.39, 0.29) is 48.0 Å². The molecule has 0 saturated heterocycles. The van der Waals surface area contributed by atoms with Crippen LogP contribution in [0, 0.1) is 80.9 Å². The first-order valence-electron chi connectivity index (χ1n) is 50.1. The third-order valence-corrected chi connectivity index (χ3v) is 30.7. The van der Waals surface area contributed by atoms with Crippen LogP contribution >= 0.6 is 0 Å². The topological polar surface area (TPSA) is 471 Å². The molecule has 0 atom stereocenters. The molecule has 34 nitrogen and oxygen atoms in total. The summed E-state index contributed by atoms with van der Waals surface area (Å²) in [5.74, 6) is 0. The molecule has 776 valence electrons. The Bertz CT molecular complexity index is 5400. The monoisotopic (exact) mass is 2200 g/mol. The van der Waals surface area contributed by atoms with E-state index in [1.165, 1.54) is 213 Å². The number of hydrogen-bond donors (Lipinski definition) is 8. The van der Waals surface area contributed by atoms with Gasteiger partial charge in [-0.3, -0.25) is 80.9 Å². The van der Waals surface area contributed by atoms with E-state index in [2.05, 4.69) is 95.3 Å². The lowest BCUT2D eigenvalue weighted by Crippen LogP contribution is -3.00. The summed E-state index contributed by atoms with van der Waals surface area (Å²) in [7, 11) is 0. The maximum atomic E-state index is 12.0. The van der Waals surface area contributed by atoms with E-state index in [0.29, 0.717) is 67.8 Å². The van der Waals surface area contributed by atoms with E-state index >= 15 is 0 Å². The number of halogens is 2. The fraction of sp³-hybridized carbons (Fsp3) is 0.481. The summed E-state index contributed by atoms with van der Waals surface area (Å²) in [5, 5.41) is 96.2. The third-order valence-electron chi connectivity index (χ3n) is 30.7. The third kappa shape index (κ3) is 23.9. The van der Waals surface area contributed by atoms with Crippen molar-refractivity contribution < 1.29 is 96.3 Å². The molecule has 2 aliphatic heterocycles. The number of hydrogen-bond acceptors (Lipinski definition) is 16. The highest BCUT2D eigenvalue weighted by Crippen LogP contribution is 2.51. The molecule has 0 amide bonds. The molecule has 144 heavy (non-hydrogen) atoms. The van der Waals surface area contributed by atoms with Gasteiger partial charge < -0.3 is 96.8 Å². The molecule has 0 fully saturated rings.